The zero-order valence-corrected chi connectivity index (χ0v) is 9.11. The van der Waals surface area contributed by atoms with E-state index in [1.165, 1.54) is 0 Å². The standard InChI is InChI=1S/C7HBrClF3N2O/c8-5-4(1-13)14-2-3(9)6(5)15-7(10,11)12/h2H. The Hall–Kier alpha value is -1.00. The Balaban J connectivity index is 3.23. The average molecular weight is 301 g/mol. The summed E-state index contributed by atoms with van der Waals surface area (Å²) < 4.78 is 39.2. The number of pyridine rings is 1. The molecule has 0 aromatic carbocycles. The Morgan fingerprint density at radius 2 is 2.13 bits per heavy atom. The van der Waals surface area contributed by atoms with Gasteiger partial charge in [0, 0.05) is 0 Å². The molecule has 0 unspecified atom stereocenters. The van der Waals surface area contributed by atoms with Gasteiger partial charge in [0.2, 0.25) is 0 Å². The quantitative estimate of drug-likeness (QED) is 0.800. The normalized spacial score (nSPS) is 10.9. The summed E-state index contributed by atoms with van der Waals surface area (Å²) in [4.78, 5) is 3.50. The number of halogens is 5. The van der Waals surface area contributed by atoms with Gasteiger partial charge in [-0.1, -0.05) is 11.6 Å². The molecule has 1 heterocycles. The number of alkyl halides is 3. The van der Waals surface area contributed by atoms with E-state index in [0.29, 0.717) is 0 Å². The summed E-state index contributed by atoms with van der Waals surface area (Å²) in [6, 6.07) is 1.58. The molecule has 15 heavy (non-hydrogen) atoms. The smallest absolute Gasteiger partial charge is 0.403 e. The van der Waals surface area contributed by atoms with E-state index >= 15 is 0 Å². The number of hydrogen-bond donors (Lipinski definition) is 0. The van der Waals surface area contributed by atoms with Crippen molar-refractivity contribution < 1.29 is 17.9 Å². The molecule has 0 saturated heterocycles. The van der Waals surface area contributed by atoms with Crippen LogP contribution in [0.2, 0.25) is 5.02 Å². The minimum absolute atomic E-state index is 0.227. The Kier molecular flexibility index (Phi) is 3.42. The van der Waals surface area contributed by atoms with Gasteiger partial charge in [0.25, 0.3) is 0 Å². The predicted octanol–water partition coefficient (Wildman–Crippen LogP) is 3.27. The van der Waals surface area contributed by atoms with Crippen molar-refractivity contribution in [2.24, 2.45) is 0 Å². The van der Waals surface area contributed by atoms with Crippen molar-refractivity contribution in [3.05, 3.63) is 21.4 Å². The fourth-order valence-corrected chi connectivity index (χ4v) is 1.52. The molecule has 0 atom stereocenters. The van der Waals surface area contributed by atoms with Gasteiger partial charge in [0.1, 0.15) is 11.1 Å². The van der Waals surface area contributed by atoms with Gasteiger partial charge >= 0.3 is 6.36 Å². The van der Waals surface area contributed by atoms with Crippen LogP contribution >= 0.6 is 27.5 Å². The lowest BCUT2D eigenvalue weighted by Gasteiger charge is -2.11. The van der Waals surface area contributed by atoms with Crippen LogP contribution < -0.4 is 4.74 Å². The van der Waals surface area contributed by atoms with E-state index in [1.807, 2.05) is 0 Å². The summed E-state index contributed by atoms with van der Waals surface area (Å²) in [5, 5.41) is 8.17. The van der Waals surface area contributed by atoms with E-state index in [9.17, 15) is 13.2 Å². The first-order chi connectivity index (χ1) is 6.85. The second-order valence-corrected chi connectivity index (χ2v) is 3.46. The summed E-state index contributed by atoms with van der Waals surface area (Å²) >= 11 is 8.19. The van der Waals surface area contributed by atoms with E-state index in [4.69, 9.17) is 16.9 Å². The molecule has 0 radical (unpaired) electrons. The molecule has 3 nitrogen and oxygen atoms in total. The maximum absolute atomic E-state index is 11.9. The first kappa shape index (κ1) is 12.1. The van der Waals surface area contributed by atoms with E-state index in [0.717, 1.165) is 6.20 Å². The third-order valence-corrected chi connectivity index (χ3v) is 2.26. The SMILES string of the molecule is N#Cc1ncc(Cl)c(OC(F)(F)F)c1Br. The highest BCUT2D eigenvalue weighted by atomic mass is 79.9. The maximum Gasteiger partial charge on any atom is 0.573 e. The van der Waals surface area contributed by atoms with Crippen molar-refractivity contribution in [1.29, 1.82) is 5.26 Å². The summed E-state index contributed by atoms with van der Waals surface area (Å²) in [6.07, 6.45) is -3.97. The summed E-state index contributed by atoms with van der Waals surface area (Å²) in [5.74, 6) is -0.671. The Morgan fingerprint density at radius 3 is 2.60 bits per heavy atom. The highest BCUT2D eigenvalue weighted by molar-refractivity contribution is 9.10. The fraction of sp³-hybridized carbons (Fsp3) is 0.143. The number of aromatic nitrogens is 1. The molecule has 8 heteroatoms. The number of hydrogen-bond acceptors (Lipinski definition) is 3. The second kappa shape index (κ2) is 4.24. The van der Waals surface area contributed by atoms with Gasteiger partial charge in [-0.2, -0.15) is 5.26 Å². The Labute approximate surface area is 95.6 Å². The van der Waals surface area contributed by atoms with Gasteiger partial charge in [0.05, 0.1) is 10.7 Å². The van der Waals surface area contributed by atoms with Gasteiger partial charge in [-0.3, -0.25) is 0 Å². The van der Waals surface area contributed by atoms with E-state index in [-0.39, 0.29) is 15.2 Å². The molecule has 0 aliphatic heterocycles. The number of ether oxygens (including phenoxy) is 1. The minimum atomic E-state index is -4.87. The lowest BCUT2D eigenvalue weighted by Crippen LogP contribution is -2.18. The predicted molar refractivity (Wildman–Crippen MR) is 48.3 cm³/mol. The molecule has 0 aliphatic rings. The molecule has 1 aromatic heterocycles. The van der Waals surface area contributed by atoms with Gasteiger partial charge in [-0.25, -0.2) is 4.98 Å². The molecule has 0 fully saturated rings. The Morgan fingerprint density at radius 1 is 1.53 bits per heavy atom. The van der Waals surface area contributed by atoms with Gasteiger partial charge < -0.3 is 4.74 Å². The molecule has 0 aliphatic carbocycles. The first-order valence-electron chi connectivity index (χ1n) is 3.35. The molecule has 0 saturated carbocycles. The van der Waals surface area contributed by atoms with Crippen molar-refractivity contribution in [2.45, 2.75) is 6.36 Å². The second-order valence-electron chi connectivity index (χ2n) is 2.26. The van der Waals surface area contributed by atoms with E-state index < -0.39 is 12.1 Å². The summed E-state index contributed by atoms with van der Waals surface area (Å²) in [6.45, 7) is 0. The molecular formula is C7HBrClF3N2O. The molecule has 80 valence electrons. The third kappa shape index (κ3) is 2.97. The summed E-state index contributed by atoms with van der Waals surface area (Å²) in [5.41, 5.74) is -0.237. The van der Waals surface area contributed by atoms with E-state index in [1.54, 1.807) is 6.07 Å². The minimum Gasteiger partial charge on any atom is -0.403 e. The molecule has 1 aromatic rings. The number of nitriles is 1. The van der Waals surface area contributed by atoms with Crippen LogP contribution in [0, 0.1) is 11.3 Å². The largest absolute Gasteiger partial charge is 0.573 e. The zero-order valence-electron chi connectivity index (χ0n) is 6.77. The highest BCUT2D eigenvalue weighted by Gasteiger charge is 2.33. The Bertz CT molecular complexity index is 429. The van der Waals surface area contributed by atoms with Crippen LogP contribution in [0.4, 0.5) is 13.2 Å². The van der Waals surface area contributed by atoms with Crippen LogP contribution in [0.15, 0.2) is 10.7 Å². The molecular weight excluding hydrogens is 300 g/mol. The molecule has 0 N–H and O–H groups in total. The molecule has 1 rings (SSSR count). The van der Waals surface area contributed by atoms with Crippen LogP contribution in [-0.2, 0) is 0 Å². The van der Waals surface area contributed by atoms with Crippen LogP contribution in [-0.4, -0.2) is 11.3 Å². The first-order valence-corrected chi connectivity index (χ1v) is 4.52. The van der Waals surface area contributed by atoms with Crippen molar-refractivity contribution in [3.63, 3.8) is 0 Å². The summed E-state index contributed by atoms with van der Waals surface area (Å²) in [7, 11) is 0. The topological polar surface area (TPSA) is 45.9 Å². The van der Waals surface area contributed by atoms with Gasteiger partial charge in [-0.15, -0.1) is 13.2 Å². The van der Waals surface area contributed by atoms with Gasteiger partial charge in [0.15, 0.2) is 11.4 Å². The van der Waals surface area contributed by atoms with E-state index in [2.05, 4.69) is 25.7 Å². The van der Waals surface area contributed by atoms with Crippen molar-refractivity contribution >= 4 is 27.5 Å². The third-order valence-electron chi connectivity index (χ3n) is 1.25. The molecule has 0 amide bonds. The highest BCUT2D eigenvalue weighted by Crippen LogP contribution is 2.37. The van der Waals surface area contributed by atoms with Crippen molar-refractivity contribution in [3.8, 4) is 11.8 Å². The lowest BCUT2D eigenvalue weighted by atomic mass is 10.3. The van der Waals surface area contributed by atoms with Crippen LogP contribution in [0.5, 0.6) is 5.75 Å². The van der Waals surface area contributed by atoms with Crippen LogP contribution in [0.1, 0.15) is 5.69 Å². The lowest BCUT2D eigenvalue weighted by molar-refractivity contribution is -0.274. The zero-order chi connectivity index (χ0) is 11.6. The molecule has 0 spiro atoms. The maximum atomic E-state index is 11.9. The monoisotopic (exact) mass is 300 g/mol. The van der Waals surface area contributed by atoms with Crippen molar-refractivity contribution in [1.82, 2.24) is 4.98 Å². The number of rotatable bonds is 1. The van der Waals surface area contributed by atoms with Crippen LogP contribution in [0.25, 0.3) is 0 Å². The van der Waals surface area contributed by atoms with Crippen molar-refractivity contribution in [2.75, 3.05) is 0 Å². The average Bonchev–Trinajstić information content (AvgIpc) is 2.11. The fourth-order valence-electron chi connectivity index (χ4n) is 0.736. The van der Waals surface area contributed by atoms with Gasteiger partial charge in [-0.05, 0) is 15.9 Å². The number of nitrogens with zero attached hydrogens (tertiary/aromatic N) is 2. The molecule has 0 bridgehead atoms. The van der Waals surface area contributed by atoms with Crippen LogP contribution in [0.3, 0.4) is 0 Å².